The Morgan fingerprint density at radius 1 is 1.38 bits per heavy atom. The Bertz CT molecular complexity index is 635. The molecule has 0 aliphatic heterocycles. The Morgan fingerprint density at radius 2 is 2.10 bits per heavy atom. The number of hydrogen-bond acceptors (Lipinski definition) is 3. The van der Waals surface area contributed by atoms with Gasteiger partial charge in [-0.25, -0.2) is 4.68 Å². The Labute approximate surface area is 134 Å². The SMILES string of the molecule is CCCc1nn(C)c(Oc2ccc(Br)cc2C(C)C)c1N. The van der Waals surface area contributed by atoms with Gasteiger partial charge in [-0.1, -0.05) is 43.1 Å². The van der Waals surface area contributed by atoms with Crippen molar-refractivity contribution >= 4 is 21.6 Å². The smallest absolute Gasteiger partial charge is 0.241 e. The van der Waals surface area contributed by atoms with Gasteiger partial charge in [0.25, 0.3) is 0 Å². The molecule has 0 aliphatic rings. The number of hydrogen-bond donors (Lipinski definition) is 1. The van der Waals surface area contributed by atoms with E-state index in [0.29, 0.717) is 17.5 Å². The van der Waals surface area contributed by atoms with Gasteiger partial charge in [0, 0.05) is 11.5 Å². The van der Waals surface area contributed by atoms with E-state index in [1.807, 2.05) is 19.2 Å². The van der Waals surface area contributed by atoms with Crippen LogP contribution in [0.5, 0.6) is 11.6 Å². The fourth-order valence-corrected chi connectivity index (χ4v) is 2.67. The standard InChI is InChI=1S/C16H22BrN3O/c1-5-6-13-15(18)16(20(4)19-13)21-14-8-7-11(17)9-12(14)10(2)3/h7-10H,5-6,18H2,1-4H3. The molecule has 0 amide bonds. The van der Waals surface area contributed by atoms with Gasteiger partial charge in [-0.15, -0.1) is 0 Å². The number of rotatable bonds is 5. The van der Waals surface area contributed by atoms with E-state index in [-0.39, 0.29) is 0 Å². The van der Waals surface area contributed by atoms with E-state index in [2.05, 4.69) is 47.9 Å². The predicted molar refractivity (Wildman–Crippen MR) is 89.9 cm³/mol. The van der Waals surface area contributed by atoms with Crippen molar-refractivity contribution in [3.8, 4) is 11.6 Å². The average Bonchev–Trinajstić information content (AvgIpc) is 2.68. The molecule has 0 bridgehead atoms. The van der Waals surface area contributed by atoms with Crippen LogP contribution in [0, 0.1) is 0 Å². The molecule has 2 N–H and O–H groups in total. The highest BCUT2D eigenvalue weighted by Gasteiger charge is 2.17. The van der Waals surface area contributed by atoms with Crippen molar-refractivity contribution in [1.82, 2.24) is 9.78 Å². The topological polar surface area (TPSA) is 53.1 Å². The number of aromatic nitrogens is 2. The molecule has 0 unspecified atom stereocenters. The van der Waals surface area contributed by atoms with Crippen LogP contribution in [0.2, 0.25) is 0 Å². The number of nitrogens with zero attached hydrogens (tertiary/aromatic N) is 2. The molecule has 0 spiro atoms. The zero-order chi connectivity index (χ0) is 15.6. The molecule has 0 aliphatic carbocycles. The van der Waals surface area contributed by atoms with Crippen molar-refractivity contribution in [2.45, 2.75) is 39.5 Å². The van der Waals surface area contributed by atoms with Crippen molar-refractivity contribution in [3.63, 3.8) is 0 Å². The maximum absolute atomic E-state index is 6.18. The zero-order valence-corrected chi connectivity index (χ0v) is 14.6. The van der Waals surface area contributed by atoms with Crippen LogP contribution in [-0.2, 0) is 13.5 Å². The lowest BCUT2D eigenvalue weighted by molar-refractivity contribution is 0.425. The second-order valence-electron chi connectivity index (χ2n) is 5.48. The van der Waals surface area contributed by atoms with Crippen LogP contribution < -0.4 is 10.5 Å². The summed E-state index contributed by atoms with van der Waals surface area (Å²) in [5.74, 6) is 1.80. The molecular weight excluding hydrogens is 330 g/mol. The van der Waals surface area contributed by atoms with Gasteiger partial charge >= 0.3 is 0 Å². The van der Waals surface area contributed by atoms with Crippen LogP contribution in [0.1, 0.15) is 44.4 Å². The number of halogens is 1. The molecule has 21 heavy (non-hydrogen) atoms. The number of nitrogen functional groups attached to an aromatic ring is 1. The second-order valence-corrected chi connectivity index (χ2v) is 6.39. The van der Waals surface area contributed by atoms with E-state index >= 15 is 0 Å². The summed E-state index contributed by atoms with van der Waals surface area (Å²) in [5, 5.41) is 4.45. The summed E-state index contributed by atoms with van der Waals surface area (Å²) < 4.78 is 8.83. The van der Waals surface area contributed by atoms with Gasteiger partial charge in [0.15, 0.2) is 0 Å². The summed E-state index contributed by atoms with van der Waals surface area (Å²) >= 11 is 3.51. The summed E-state index contributed by atoms with van der Waals surface area (Å²) in [6, 6.07) is 6.02. The lowest BCUT2D eigenvalue weighted by Gasteiger charge is -2.14. The molecule has 114 valence electrons. The molecule has 5 heteroatoms. The molecule has 1 heterocycles. The molecule has 2 rings (SSSR count). The van der Waals surface area contributed by atoms with E-state index in [0.717, 1.165) is 34.3 Å². The largest absolute Gasteiger partial charge is 0.437 e. The fourth-order valence-electron chi connectivity index (χ4n) is 2.29. The number of nitrogens with two attached hydrogens (primary N) is 1. The molecular formula is C16H22BrN3O. The van der Waals surface area contributed by atoms with Gasteiger partial charge in [0.1, 0.15) is 11.4 Å². The Hall–Kier alpha value is -1.49. The first-order valence-corrected chi connectivity index (χ1v) is 8.02. The molecule has 4 nitrogen and oxygen atoms in total. The summed E-state index contributed by atoms with van der Waals surface area (Å²) in [6.07, 6.45) is 1.87. The molecule has 0 saturated heterocycles. The van der Waals surface area contributed by atoms with Crippen LogP contribution in [0.3, 0.4) is 0 Å². The zero-order valence-electron chi connectivity index (χ0n) is 13.0. The normalized spacial score (nSPS) is 11.1. The maximum Gasteiger partial charge on any atom is 0.241 e. The molecule has 1 aromatic heterocycles. The number of aryl methyl sites for hydroxylation is 2. The summed E-state index contributed by atoms with van der Waals surface area (Å²) in [4.78, 5) is 0. The number of benzene rings is 1. The van der Waals surface area contributed by atoms with E-state index < -0.39 is 0 Å². The first-order valence-electron chi connectivity index (χ1n) is 7.22. The predicted octanol–water partition coefficient (Wildman–Crippen LogP) is 4.63. The molecule has 0 saturated carbocycles. The highest BCUT2D eigenvalue weighted by Crippen LogP contribution is 2.36. The van der Waals surface area contributed by atoms with Crippen molar-refractivity contribution in [1.29, 1.82) is 0 Å². The van der Waals surface area contributed by atoms with E-state index in [9.17, 15) is 0 Å². The van der Waals surface area contributed by atoms with Gasteiger partial charge in [0.05, 0.1) is 5.69 Å². The van der Waals surface area contributed by atoms with Crippen LogP contribution >= 0.6 is 15.9 Å². The minimum Gasteiger partial charge on any atom is -0.437 e. The minimum absolute atomic E-state index is 0.363. The highest BCUT2D eigenvalue weighted by molar-refractivity contribution is 9.10. The molecule has 1 aromatic carbocycles. The molecule has 0 fully saturated rings. The molecule has 2 aromatic rings. The van der Waals surface area contributed by atoms with Crippen molar-refractivity contribution < 1.29 is 4.74 Å². The molecule has 0 atom stereocenters. The third-order valence-corrected chi connectivity index (χ3v) is 3.89. The number of ether oxygens (including phenoxy) is 1. The van der Waals surface area contributed by atoms with Crippen molar-refractivity contribution in [3.05, 3.63) is 33.9 Å². The lowest BCUT2D eigenvalue weighted by atomic mass is 10.0. The summed E-state index contributed by atoms with van der Waals surface area (Å²) in [7, 11) is 1.86. The average molecular weight is 352 g/mol. The van der Waals surface area contributed by atoms with E-state index in [1.165, 1.54) is 0 Å². The quantitative estimate of drug-likeness (QED) is 0.853. The van der Waals surface area contributed by atoms with Crippen LogP contribution in [0.15, 0.2) is 22.7 Å². The van der Waals surface area contributed by atoms with Crippen LogP contribution in [0.25, 0.3) is 0 Å². The van der Waals surface area contributed by atoms with Gasteiger partial charge < -0.3 is 10.5 Å². The Kier molecular flexibility index (Phi) is 4.93. The first kappa shape index (κ1) is 15.9. The summed E-state index contributed by atoms with van der Waals surface area (Å²) in [5.41, 5.74) is 8.85. The van der Waals surface area contributed by atoms with Crippen molar-refractivity contribution in [2.24, 2.45) is 7.05 Å². The Morgan fingerprint density at radius 3 is 2.71 bits per heavy atom. The van der Waals surface area contributed by atoms with E-state index in [4.69, 9.17) is 10.5 Å². The number of anilines is 1. The van der Waals surface area contributed by atoms with Gasteiger partial charge in [-0.3, -0.25) is 0 Å². The van der Waals surface area contributed by atoms with Crippen LogP contribution in [-0.4, -0.2) is 9.78 Å². The monoisotopic (exact) mass is 351 g/mol. The van der Waals surface area contributed by atoms with Crippen molar-refractivity contribution in [2.75, 3.05) is 5.73 Å². The fraction of sp³-hybridized carbons (Fsp3) is 0.438. The highest BCUT2D eigenvalue weighted by atomic mass is 79.9. The van der Waals surface area contributed by atoms with E-state index in [1.54, 1.807) is 4.68 Å². The second kappa shape index (κ2) is 6.52. The minimum atomic E-state index is 0.363. The third-order valence-electron chi connectivity index (χ3n) is 3.39. The summed E-state index contributed by atoms with van der Waals surface area (Å²) in [6.45, 7) is 6.40. The third kappa shape index (κ3) is 3.40. The Balaban J connectivity index is 2.39. The van der Waals surface area contributed by atoms with Gasteiger partial charge in [-0.2, -0.15) is 5.10 Å². The lowest BCUT2D eigenvalue weighted by Crippen LogP contribution is -2.00. The first-order chi connectivity index (χ1) is 9.93. The van der Waals surface area contributed by atoms with Crippen LogP contribution in [0.4, 0.5) is 5.69 Å². The van der Waals surface area contributed by atoms with Gasteiger partial charge in [-0.05, 0) is 36.1 Å². The maximum atomic E-state index is 6.18. The molecule has 0 radical (unpaired) electrons. The van der Waals surface area contributed by atoms with Gasteiger partial charge in [0.2, 0.25) is 5.88 Å².